The fourth-order valence-corrected chi connectivity index (χ4v) is 4.33. The number of aromatic nitrogens is 1. The molecule has 2 aromatic carbocycles. The SMILES string of the molecule is Cc1[nH]c2ccccc2c1C(=O)CN1C(=O)N[C@@](C)(Cc2ccc3c(c2)OCO3)C1=O. The molecule has 0 bridgehead atoms. The van der Waals surface area contributed by atoms with E-state index in [1.807, 2.05) is 37.3 Å². The Labute approximate surface area is 178 Å². The highest BCUT2D eigenvalue weighted by Gasteiger charge is 2.48. The standard InChI is InChI=1S/C23H21N3O5/c1-13-20(15-5-3-4-6-16(15)24-13)17(27)11-26-21(28)23(2,25-22(26)29)10-14-7-8-18-19(9-14)31-12-30-18/h3-9,24H,10-12H2,1-2H3,(H,25,29)/t23-/m0/s1. The highest BCUT2D eigenvalue weighted by Crippen LogP contribution is 2.34. The Hall–Kier alpha value is -3.81. The van der Waals surface area contributed by atoms with E-state index in [9.17, 15) is 14.4 Å². The molecule has 0 radical (unpaired) electrons. The third kappa shape index (κ3) is 3.11. The number of carbonyl (C=O) groups is 3. The fourth-order valence-electron chi connectivity index (χ4n) is 4.33. The molecule has 8 nitrogen and oxygen atoms in total. The second-order valence-electron chi connectivity index (χ2n) is 8.11. The van der Waals surface area contributed by atoms with Crippen LogP contribution in [0, 0.1) is 6.92 Å². The van der Waals surface area contributed by atoms with Gasteiger partial charge < -0.3 is 19.8 Å². The maximum absolute atomic E-state index is 13.2. The van der Waals surface area contributed by atoms with E-state index in [1.165, 1.54) is 0 Å². The molecule has 1 fully saturated rings. The third-order valence-corrected chi connectivity index (χ3v) is 5.81. The number of ketones is 1. The molecular weight excluding hydrogens is 398 g/mol. The monoisotopic (exact) mass is 419 g/mol. The number of carbonyl (C=O) groups excluding carboxylic acids is 3. The van der Waals surface area contributed by atoms with Crippen molar-refractivity contribution in [2.45, 2.75) is 25.8 Å². The van der Waals surface area contributed by atoms with Crippen LogP contribution in [0.5, 0.6) is 11.5 Å². The van der Waals surface area contributed by atoms with Gasteiger partial charge in [-0.3, -0.25) is 14.5 Å². The lowest BCUT2D eigenvalue weighted by Gasteiger charge is -2.21. The van der Waals surface area contributed by atoms with Crippen molar-refractivity contribution in [3.05, 3.63) is 59.3 Å². The Balaban J connectivity index is 1.37. The molecule has 2 aliphatic heterocycles. The van der Waals surface area contributed by atoms with Crippen LogP contribution in [-0.4, -0.2) is 46.5 Å². The number of aromatic amines is 1. The van der Waals surface area contributed by atoms with Crippen LogP contribution in [0.1, 0.15) is 28.5 Å². The summed E-state index contributed by atoms with van der Waals surface area (Å²) >= 11 is 0. The number of Topliss-reactive ketones (excluding diaryl/α,β-unsaturated/α-hetero) is 1. The van der Waals surface area contributed by atoms with Gasteiger partial charge in [-0.25, -0.2) is 4.79 Å². The first kappa shape index (κ1) is 19.2. The van der Waals surface area contributed by atoms with Crippen molar-refractivity contribution < 1.29 is 23.9 Å². The van der Waals surface area contributed by atoms with Gasteiger partial charge >= 0.3 is 6.03 Å². The van der Waals surface area contributed by atoms with Gasteiger partial charge in [0.25, 0.3) is 5.91 Å². The minimum absolute atomic E-state index is 0.162. The highest BCUT2D eigenvalue weighted by atomic mass is 16.7. The van der Waals surface area contributed by atoms with E-state index in [-0.39, 0.29) is 25.5 Å². The second-order valence-corrected chi connectivity index (χ2v) is 8.11. The first-order valence-electron chi connectivity index (χ1n) is 9.99. The van der Waals surface area contributed by atoms with E-state index in [2.05, 4.69) is 10.3 Å². The van der Waals surface area contributed by atoms with Crippen LogP contribution in [0.3, 0.4) is 0 Å². The van der Waals surface area contributed by atoms with Crippen LogP contribution < -0.4 is 14.8 Å². The first-order valence-corrected chi connectivity index (χ1v) is 9.99. The normalized spacial score (nSPS) is 19.9. The summed E-state index contributed by atoms with van der Waals surface area (Å²) in [5.74, 6) is 0.545. The van der Waals surface area contributed by atoms with Crippen LogP contribution in [-0.2, 0) is 11.2 Å². The van der Waals surface area contributed by atoms with Gasteiger partial charge in [0.2, 0.25) is 6.79 Å². The topological polar surface area (TPSA) is 101 Å². The fraction of sp³-hybridized carbons (Fsp3) is 0.261. The summed E-state index contributed by atoms with van der Waals surface area (Å²) in [6.07, 6.45) is 0.269. The van der Waals surface area contributed by atoms with Crippen molar-refractivity contribution >= 4 is 28.6 Å². The van der Waals surface area contributed by atoms with Crippen LogP contribution in [0.15, 0.2) is 42.5 Å². The van der Waals surface area contributed by atoms with Crippen LogP contribution in [0.2, 0.25) is 0 Å². The Kier molecular flexibility index (Phi) is 4.25. The van der Waals surface area contributed by atoms with Gasteiger partial charge in [-0.05, 0) is 37.6 Å². The number of benzene rings is 2. The third-order valence-electron chi connectivity index (χ3n) is 5.81. The number of fused-ring (bicyclic) bond motifs is 2. The number of nitrogens with one attached hydrogen (secondary N) is 2. The second kappa shape index (κ2) is 6.87. The predicted octanol–water partition coefficient (Wildman–Crippen LogP) is 2.94. The number of urea groups is 1. The molecule has 8 heteroatoms. The van der Waals surface area contributed by atoms with E-state index < -0.39 is 17.5 Å². The molecule has 1 aromatic heterocycles. The van der Waals surface area contributed by atoms with Crippen molar-refractivity contribution in [3.63, 3.8) is 0 Å². The zero-order valence-corrected chi connectivity index (χ0v) is 17.2. The number of hydrogen-bond acceptors (Lipinski definition) is 5. The number of aryl methyl sites for hydroxylation is 1. The summed E-state index contributed by atoms with van der Waals surface area (Å²) in [4.78, 5) is 43.0. The Bertz CT molecular complexity index is 1250. The largest absolute Gasteiger partial charge is 0.454 e. The van der Waals surface area contributed by atoms with Crippen LogP contribution in [0.4, 0.5) is 4.79 Å². The van der Waals surface area contributed by atoms with Gasteiger partial charge in [0.05, 0.1) is 6.54 Å². The van der Waals surface area contributed by atoms with Gasteiger partial charge in [-0.1, -0.05) is 24.3 Å². The lowest BCUT2D eigenvalue weighted by molar-refractivity contribution is -0.130. The van der Waals surface area contributed by atoms with Gasteiger partial charge in [0, 0.05) is 28.6 Å². The maximum Gasteiger partial charge on any atom is 0.325 e. The summed E-state index contributed by atoms with van der Waals surface area (Å²) in [5.41, 5.74) is 1.72. The molecule has 0 saturated carbocycles. The van der Waals surface area contributed by atoms with Crippen molar-refractivity contribution in [2.24, 2.45) is 0 Å². The van der Waals surface area contributed by atoms with Crippen molar-refractivity contribution in [3.8, 4) is 11.5 Å². The van der Waals surface area contributed by atoms with Crippen LogP contribution in [0.25, 0.3) is 10.9 Å². The lowest BCUT2D eigenvalue weighted by atomic mass is 9.92. The summed E-state index contributed by atoms with van der Waals surface area (Å²) in [5, 5.41) is 3.53. The van der Waals surface area contributed by atoms with Gasteiger partial charge in [-0.15, -0.1) is 0 Å². The van der Waals surface area contributed by atoms with Crippen molar-refractivity contribution in [1.82, 2.24) is 15.2 Å². The van der Waals surface area contributed by atoms with Crippen molar-refractivity contribution in [1.29, 1.82) is 0 Å². The van der Waals surface area contributed by atoms with E-state index in [0.29, 0.717) is 22.8 Å². The van der Waals surface area contributed by atoms with Crippen molar-refractivity contribution in [2.75, 3.05) is 13.3 Å². The molecule has 5 rings (SSSR count). The molecule has 3 heterocycles. The van der Waals surface area contributed by atoms with E-state index >= 15 is 0 Å². The lowest BCUT2D eigenvalue weighted by Crippen LogP contribution is -2.46. The Morgan fingerprint density at radius 3 is 2.74 bits per heavy atom. The zero-order chi connectivity index (χ0) is 21.8. The molecule has 158 valence electrons. The molecule has 1 saturated heterocycles. The van der Waals surface area contributed by atoms with E-state index in [4.69, 9.17) is 9.47 Å². The first-order chi connectivity index (χ1) is 14.9. The van der Waals surface area contributed by atoms with E-state index in [1.54, 1.807) is 19.1 Å². The zero-order valence-electron chi connectivity index (χ0n) is 17.2. The average molecular weight is 419 g/mol. The molecule has 1 atom stereocenters. The minimum Gasteiger partial charge on any atom is -0.454 e. The number of H-pyrrole nitrogens is 1. The van der Waals surface area contributed by atoms with Gasteiger partial charge in [-0.2, -0.15) is 0 Å². The molecule has 0 spiro atoms. The Morgan fingerprint density at radius 1 is 1.13 bits per heavy atom. The summed E-state index contributed by atoms with van der Waals surface area (Å²) < 4.78 is 10.7. The highest BCUT2D eigenvalue weighted by molar-refractivity contribution is 6.15. The molecule has 3 aromatic rings. The van der Waals surface area contributed by atoms with Gasteiger partial charge in [0.1, 0.15) is 5.54 Å². The number of imide groups is 1. The molecule has 2 N–H and O–H groups in total. The van der Waals surface area contributed by atoms with Gasteiger partial charge in [0.15, 0.2) is 17.3 Å². The maximum atomic E-state index is 13.2. The molecule has 0 aliphatic carbocycles. The summed E-state index contributed by atoms with van der Waals surface area (Å²) in [6, 6.07) is 12.3. The average Bonchev–Trinajstić information content (AvgIpc) is 3.38. The predicted molar refractivity (Wildman–Crippen MR) is 112 cm³/mol. The molecule has 3 amide bonds. The molecule has 0 unspecified atom stereocenters. The molecule has 31 heavy (non-hydrogen) atoms. The quantitative estimate of drug-likeness (QED) is 0.489. The number of para-hydroxylation sites is 1. The summed E-state index contributed by atoms with van der Waals surface area (Å²) in [6.45, 7) is 3.32. The van der Waals surface area contributed by atoms with E-state index in [0.717, 1.165) is 21.4 Å². The Morgan fingerprint density at radius 2 is 1.90 bits per heavy atom. The number of amides is 3. The minimum atomic E-state index is -1.15. The van der Waals surface area contributed by atoms with Crippen LogP contribution >= 0.6 is 0 Å². The number of rotatable bonds is 5. The summed E-state index contributed by atoms with van der Waals surface area (Å²) in [7, 11) is 0. The molecule has 2 aliphatic rings. The number of nitrogens with zero attached hydrogens (tertiary/aromatic N) is 1. The molecular formula is C23H21N3O5. The smallest absolute Gasteiger partial charge is 0.325 e. The number of ether oxygens (including phenoxy) is 2. The number of hydrogen-bond donors (Lipinski definition) is 2.